The van der Waals surface area contributed by atoms with Crippen LogP contribution in [0.25, 0.3) is 22.2 Å². The van der Waals surface area contributed by atoms with Crippen LogP contribution in [0, 0.1) is 11.6 Å². The van der Waals surface area contributed by atoms with Crippen molar-refractivity contribution in [3.8, 4) is 11.3 Å². The Morgan fingerprint density at radius 2 is 1.89 bits per heavy atom. The fourth-order valence-electron chi connectivity index (χ4n) is 4.00. The van der Waals surface area contributed by atoms with Gasteiger partial charge in [-0.15, -0.1) is 0 Å². The van der Waals surface area contributed by atoms with Gasteiger partial charge in [-0.2, -0.15) is 0 Å². The Labute approximate surface area is 201 Å². The molecule has 2 aromatic heterocycles. The SMILES string of the molecule is O=c1[nH]c(Cc2ccc(-c3cc(F)cc(F)c3)nc2)nc2cc(N[C@H]3CNCC3(F)F)c(Cl)cc12. The van der Waals surface area contributed by atoms with Crippen LogP contribution in [0.3, 0.4) is 0 Å². The van der Waals surface area contributed by atoms with Gasteiger partial charge >= 0.3 is 0 Å². The Balaban J connectivity index is 1.41. The molecule has 0 spiro atoms. The highest BCUT2D eigenvalue weighted by Gasteiger charge is 2.44. The van der Waals surface area contributed by atoms with Crippen molar-refractivity contribution in [3.05, 3.63) is 87.1 Å². The standard InChI is InChI=1S/C24H18ClF4N5O/c25-17-7-16-19(8-20(17)32-21-10-30-11-24(21,28)29)33-22(34-23(16)35)3-12-1-2-18(31-9-12)13-4-14(26)6-15(27)5-13/h1-2,4-9,21,30,32H,3,10-11H2,(H,33,34,35)/t21-/m0/s1. The van der Waals surface area contributed by atoms with Gasteiger partial charge in [0.25, 0.3) is 11.5 Å². The van der Waals surface area contributed by atoms with E-state index in [0.717, 1.165) is 6.07 Å². The average molecular weight is 504 g/mol. The van der Waals surface area contributed by atoms with E-state index in [9.17, 15) is 22.4 Å². The summed E-state index contributed by atoms with van der Waals surface area (Å²) in [5.41, 5.74) is 1.50. The lowest BCUT2D eigenvalue weighted by molar-refractivity contribution is 0.0139. The molecule has 0 saturated carbocycles. The van der Waals surface area contributed by atoms with Gasteiger partial charge in [0.2, 0.25) is 0 Å². The van der Waals surface area contributed by atoms with Gasteiger partial charge in [0.05, 0.1) is 33.9 Å². The molecule has 1 saturated heterocycles. The van der Waals surface area contributed by atoms with Gasteiger partial charge in [-0.1, -0.05) is 17.7 Å². The van der Waals surface area contributed by atoms with Gasteiger partial charge in [0.1, 0.15) is 23.5 Å². The van der Waals surface area contributed by atoms with E-state index in [4.69, 9.17) is 11.6 Å². The minimum absolute atomic E-state index is 0.0701. The maximum absolute atomic E-state index is 14.0. The Kier molecular flexibility index (Phi) is 5.94. The highest BCUT2D eigenvalue weighted by Crippen LogP contribution is 2.31. The molecule has 1 aliphatic heterocycles. The van der Waals surface area contributed by atoms with Gasteiger partial charge < -0.3 is 15.6 Å². The summed E-state index contributed by atoms with van der Waals surface area (Å²) in [5.74, 6) is -4.02. The summed E-state index contributed by atoms with van der Waals surface area (Å²) in [4.78, 5) is 24.0. The molecule has 6 nitrogen and oxygen atoms in total. The molecule has 5 rings (SSSR count). The van der Waals surface area contributed by atoms with E-state index >= 15 is 0 Å². The Morgan fingerprint density at radius 1 is 1.11 bits per heavy atom. The lowest BCUT2D eigenvalue weighted by Gasteiger charge is -2.21. The number of hydrogen-bond acceptors (Lipinski definition) is 5. The molecule has 4 aromatic rings. The fraction of sp³-hybridized carbons (Fsp3) is 0.208. The first-order chi connectivity index (χ1) is 16.7. The van der Waals surface area contributed by atoms with Gasteiger partial charge in [0, 0.05) is 30.8 Å². The summed E-state index contributed by atoms with van der Waals surface area (Å²) >= 11 is 6.24. The van der Waals surface area contributed by atoms with Crippen LogP contribution >= 0.6 is 11.6 Å². The normalized spacial score (nSPS) is 17.1. The Hall–Kier alpha value is -3.50. The van der Waals surface area contributed by atoms with Gasteiger partial charge in [-0.05, 0) is 35.9 Å². The maximum Gasteiger partial charge on any atom is 0.281 e. The van der Waals surface area contributed by atoms with Crippen molar-refractivity contribution in [1.29, 1.82) is 0 Å². The first kappa shape index (κ1) is 23.3. The van der Waals surface area contributed by atoms with Crippen molar-refractivity contribution in [2.24, 2.45) is 0 Å². The number of halogens is 5. The number of pyridine rings is 1. The lowest BCUT2D eigenvalue weighted by atomic mass is 10.1. The molecule has 1 atom stereocenters. The Bertz CT molecular complexity index is 1460. The molecule has 0 amide bonds. The first-order valence-corrected chi connectivity index (χ1v) is 11.0. The zero-order chi connectivity index (χ0) is 24.7. The van der Waals surface area contributed by atoms with E-state index in [-0.39, 0.29) is 29.1 Å². The first-order valence-electron chi connectivity index (χ1n) is 10.7. The molecule has 0 bridgehead atoms. The van der Waals surface area contributed by atoms with E-state index in [1.807, 2.05) is 0 Å². The number of aromatic nitrogens is 3. The van der Waals surface area contributed by atoms with Crippen LogP contribution < -0.4 is 16.2 Å². The van der Waals surface area contributed by atoms with Crippen LogP contribution in [0.2, 0.25) is 5.02 Å². The number of rotatable bonds is 5. The molecule has 11 heteroatoms. The molecule has 2 aromatic carbocycles. The summed E-state index contributed by atoms with van der Waals surface area (Å²) in [6.45, 7) is -0.362. The Morgan fingerprint density at radius 3 is 2.54 bits per heavy atom. The minimum atomic E-state index is -2.94. The molecule has 1 fully saturated rings. The third-order valence-corrected chi connectivity index (χ3v) is 6.06. The third kappa shape index (κ3) is 4.85. The molecule has 0 aliphatic carbocycles. The highest BCUT2D eigenvalue weighted by molar-refractivity contribution is 6.34. The van der Waals surface area contributed by atoms with Crippen molar-refractivity contribution in [3.63, 3.8) is 0 Å². The van der Waals surface area contributed by atoms with Crippen LogP contribution in [-0.4, -0.2) is 40.0 Å². The number of aromatic amines is 1. The summed E-state index contributed by atoms with van der Waals surface area (Å²) < 4.78 is 55.0. The summed E-state index contributed by atoms with van der Waals surface area (Å²) in [6.07, 6.45) is 1.73. The summed E-state index contributed by atoms with van der Waals surface area (Å²) in [6, 6.07) is 8.19. The van der Waals surface area contributed by atoms with Gasteiger partial charge in [-0.3, -0.25) is 9.78 Å². The zero-order valence-electron chi connectivity index (χ0n) is 18.0. The maximum atomic E-state index is 14.0. The van der Waals surface area contributed by atoms with E-state index < -0.39 is 35.7 Å². The van der Waals surface area contributed by atoms with Crippen LogP contribution in [0.15, 0.2) is 53.5 Å². The molecule has 35 heavy (non-hydrogen) atoms. The van der Waals surface area contributed by atoms with E-state index in [1.54, 1.807) is 12.1 Å². The largest absolute Gasteiger partial charge is 0.374 e. The van der Waals surface area contributed by atoms with E-state index in [2.05, 4.69) is 25.6 Å². The zero-order valence-corrected chi connectivity index (χ0v) is 18.8. The molecule has 3 heterocycles. The van der Waals surface area contributed by atoms with Crippen LogP contribution in [0.4, 0.5) is 23.2 Å². The van der Waals surface area contributed by atoms with Crippen LogP contribution in [0.5, 0.6) is 0 Å². The minimum Gasteiger partial charge on any atom is -0.374 e. The number of alkyl halides is 2. The van der Waals surface area contributed by atoms with E-state index in [1.165, 1.54) is 30.5 Å². The molecule has 180 valence electrons. The topological polar surface area (TPSA) is 82.7 Å². The fourth-order valence-corrected chi connectivity index (χ4v) is 4.22. The van der Waals surface area contributed by atoms with Gasteiger partial charge in [0.15, 0.2) is 0 Å². The molecular formula is C24H18ClF4N5O. The monoisotopic (exact) mass is 503 g/mol. The van der Waals surface area contributed by atoms with Crippen molar-refractivity contribution in [2.45, 2.75) is 18.4 Å². The second-order valence-corrected chi connectivity index (χ2v) is 8.74. The van der Waals surface area contributed by atoms with Crippen molar-refractivity contribution < 1.29 is 17.6 Å². The lowest BCUT2D eigenvalue weighted by Crippen LogP contribution is -2.38. The van der Waals surface area contributed by atoms with Crippen LogP contribution in [-0.2, 0) is 6.42 Å². The van der Waals surface area contributed by atoms with E-state index in [0.29, 0.717) is 28.2 Å². The molecule has 0 radical (unpaired) electrons. The molecule has 0 unspecified atom stereocenters. The third-order valence-electron chi connectivity index (χ3n) is 5.75. The number of nitrogens with one attached hydrogen (secondary N) is 3. The van der Waals surface area contributed by atoms with Gasteiger partial charge in [-0.25, -0.2) is 22.5 Å². The summed E-state index contributed by atoms with van der Waals surface area (Å²) in [5, 5.41) is 5.74. The average Bonchev–Trinajstić information content (AvgIpc) is 3.12. The second-order valence-electron chi connectivity index (χ2n) is 8.34. The predicted octanol–water partition coefficient (Wildman–Crippen LogP) is 4.53. The van der Waals surface area contributed by atoms with Crippen molar-refractivity contribution in [1.82, 2.24) is 20.3 Å². The molecule has 3 N–H and O–H groups in total. The van der Waals surface area contributed by atoms with Crippen LogP contribution in [0.1, 0.15) is 11.4 Å². The number of nitrogens with zero attached hydrogens (tertiary/aromatic N) is 2. The number of fused-ring (bicyclic) bond motifs is 1. The number of benzene rings is 2. The van der Waals surface area contributed by atoms with Crippen molar-refractivity contribution >= 4 is 28.2 Å². The second kappa shape index (κ2) is 8.94. The number of H-pyrrole nitrogens is 1. The highest BCUT2D eigenvalue weighted by atomic mass is 35.5. The number of hydrogen-bond donors (Lipinski definition) is 3. The summed E-state index contributed by atoms with van der Waals surface area (Å²) in [7, 11) is 0. The smallest absolute Gasteiger partial charge is 0.281 e. The number of anilines is 1. The quantitative estimate of drug-likeness (QED) is 0.349. The predicted molar refractivity (Wildman–Crippen MR) is 125 cm³/mol. The van der Waals surface area contributed by atoms with Crippen molar-refractivity contribution in [2.75, 3.05) is 18.4 Å². The molecular weight excluding hydrogens is 486 g/mol. The molecule has 1 aliphatic rings.